The fraction of sp³-hybridized carbons (Fsp3) is 0.227. The van der Waals surface area contributed by atoms with Gasteiger partial charge in [0.1, 0.15) is 12.1 Å². The van der Waals surface area contributed by atoms with Gasteiger partial charge in [0.05, 0.1) is 29.2 Å². The number of halogens is 1. The molecule has 2 N–H and O–H groups in total. The zero-order valence-electron chi connectivity index (χ0n) is 17.4. The molecular formula is C22H22FN7O. The van der Waals surface area contributed by atoms with E-state index in [1.807, 2.05) is 38.4 Å². The van der Waals surface area contributed by atoms with Crippen molar-refractivity contribution in [1.29, 1.82) is 0 Å². The van der Waals surface area contributed by atoms with Gasteiger partial charge in [-0.1, -0.05) is 25.1 Å². The molecule has 158 valence electrons. The molecular weight excluding hydrogens is 397 g/mol. The molecule has 0 saturated carbocycles. The number of amides is 1. The van der Waals surface area contributed by atoms with Crippen molar-refractivity contribution in [3.05, 3.63) is 66.1 Å². The van der Waals surface area contributed by atoms with Crippen molar-refractivity contribution in [2.45, 2.75) is 12.8 Å². The summed E-state index contributed by atoms with van der Waals surface area (Å²) in [5.41, 5.74) is 3.21. The van der Waals surface area contributed by atoms with Crippen LogP contribution in [-0.4, -0.2) is 44.2 Å². The molecule has 31 heavy (non-hydrogen) atoms. The standard InChI is InChI=1S/C22H22FN7O/c1-13(8-25-19-7-18(27-12-28-19)14-9-29-30(3)11-14)15-5-4-6-16-20(22(31)24-2)17(23)10-26-21(15)16/h4-7,9-13H,8H2,1-3H3,(H,24,31)(H,25,27,28)/t13-/m1/s1. The molecule has 3 aromatic heterocycles. The van der Waals surface area contributed by atoms with Gasteiger partial charge < -0.3 is 10.6 Å². The third-order valence-electron chi connectivity index (χ3n) is 5.12. The molecule has 0 aliphatic carbocycles. The van der Waals surface area contributed by atoms with E-state index in [0.29, 0.717) is 23.3 Å². The summed E-state index contributed by atoms with van der Waals surface area (Å²) >= 11 is 0. The average Bonchev–Trinajstić information content (AvgIpc) is 3.23. The molecule has 1 atom stereocenters. The molecule has 0 fully saturated rings. The Labute approximate surface area is 178 Å². The number of benzene rings is 1. The molecule has 3 heterocycles. The predicted octanol–water partition coefficient (Wildman–Crippen LogP) is 3.14. The fourth-order valence-electron chi connectivity index (χ4n) is 3.51. The number of anilines is 1. The minimum Gasteiger partial charge on any atom is -0.369 e. The summed E-state index contributed by atoms with van der Waals surface area (Å²) in [6.45, 7) is 2.60. The number of rotatable bonds is 6. The van der Waals surface area contributed by atoms with E-state index in [0.717, 1.165) is 23.0 Å². The van der Waals surface area contributed by atoms with Crippen LogP contribution in [0.2, 0.25) is 0 Å². The SMILES string of the molecule is CNC(=O)c1c(F)cnc2c([C@H](C)CNc3cc(-c4cnn(C)c4)ncn3)cccc12. The Bertz CT molecular complexity index is 1250. The molecule has 8 nitrogen and oxygen atoms in total. The topological polar surface area (TPSA) is 97.6 Å². The minimum atomic E-state index is -0.640. The van der Waals surface area contributed by atoms with Gasteiger partial charge in [-0.25, -0.2) is 14.4 Å². The average molecular weight is 419 g/mol. The van der Waals surface area contributed by atoms with E-state index in [4.69, 9.17) is 0 Å². The summed E-state index contributed by atoms with van der Waals surface area (Å²) in [6, 6.07) is 7.33. The maximum atomic E-state index is 14.3. The number of hydrogen-bond acceptors (Lipinski definition) is 6. The van der Waals surface area contributed by atoms with Gasteiger partial charge in [0.15, 0.2) is 5.82 Å². The Morgan fingerprint density at radius 1 is 1.23 bits per heavy atom. The molecule has 0 unspecified atom stereocenters. The Morgan fingerprint density at radius 3 is 2.81 bits per heavy atom. The van der Waals surface area contributed by atoms with Gasteiger partial charge in [-0.05, 0) is 5.56 Å². The summed E-state index contributed by atoms with van der Waals surface area (Å²) in [5.74, 6) is -0.405. The molecule has 0 radical (unpaired) electrons. The summed E-state index contributed by atoms with van der Waals surface area (Å²) in [5, 5.41) is 10.5. The van der Waals surface area contributed by atoms with E-state index in [9.17, 15) is 9.18 Å². The van der Waals surface area contributed by atoms with Crippen molar-refractivity contribution in [1.82, 2.24) is 30.0 Å². The molecule has 0 spiro atoms. The van der Waals surface area contributed by atoms with Crippen LogP contribution in [0.25, 0.3) is 22.2 Å². The third kappa shape index (κ3) is 4.07. The number of hydrogen-bond donors (Lipinski definition) is 2. The molecule has 9 heteroatoms. The van der Waals surface area contributed by atoms with Crippen LogP contribution in [0, 0.1) is 5.82 Å². The molecule has 0 saturated heterocycles. The zero-order valence-corrected chi connectivity index (χ0v) is 17.4. The van der Waals surface area contributed by atoms with E-state index < -0.39 is 11.7 Å². The van der Waals surface area contributed by atoms with Gasteiger partial charge in [0, 0.05) is 49.8 Å². The van der Waals surface area contributed by atoms with Crippen LogP contribution < -0.4 is 10.6 Å². The number of aryl methyl sites for hydroxylation is 1. The summed E-state index contributed by atoms with van der Waals surface area (Å²) < 4.78 is 16.0. The van der Waals surface area contributed by atoms with Crippen molar-refractivity contribution in [2.75, 3.05) is 18.9 Å². The minimum absolute atomic E-state index is 0.00595. The lowest BCUT2D eigenvalue weighted by Gasteiger charge is -2.16. The highest BCUT2D eigenvalue weighted by Gasteiger charge is 2.19. The second-order valence-electron chi connectivity index (χ2n) is 7.28. The van der Waals surface area contributed by atoms with Gasteiger partial charge in [0.25, 0.3) is 5.91 Å². The van der Waals surface area contributed by atoms with Gasteiger partial charge in [-0.15, -0.1) is 0 Å². The number of nitrogens with zero attached hydrogens (tertiary/aromatic N) is 5. The maximum Gasteiger partial charge on any atom is 0.254 e. The third-order valence-corrected chi connectivity index (χ3v) is 5.12. The summed E-state index contributed by atoms with van der Waals surface area (Å²) in [6.07, 6.45) is 6.24. The molecule has 1 aromatic carbocycles. The van der Waals surface area contributed by atoms with Gasteiger partial charge in [0.2, 0.25) is 0 Å². The first kappa shape index (κ1) is 20.4. The van der Waals surface area contributed by atoms with Crippen molar-refractivity contribution >= 4 is 22.6 Å². The second kappa shape index (κ2) is 8.47. The van der Waals surface area contributed by atoms with E-state index in [2.05, 4.69) is 30.7 Å². The molecule has 4 rings (SSSR count). The Kier molecular flexibility index (Phi) is 5.57. The first-order valence-electron chi connectivity index (χ1n) is 9.82. The number of nitrogens with one attached hydrogen (secondary N) is 2. The van der Waals surface area contributed by atoms with Gasteiger partial charge in [-0.2, -0.15) is 5.10 Å². The Hall–Kier alpha value is -3.88. The number of carbonyl (C=O) groups is 1. The van der Waals surface area contributed by atoms with Gasteiger partial charge >= 0.3 is 0 Å². The number of pyridine rings is 1. The Balaban J connectivity index is 1.58. The molecule has 0 aliphatic heterocycles. The first-order chi connectivity index (χ1) is 15.0. The van der Waals surface area contributed by atoms with Crippen LogP contribution in [0.4, 0.5) is 10.2 Å². The quantitative estimate of drug-likeness (QED) is 0.498. The number of para-hydroxylation sites is 1. The van der Waals surface area contributed by atoms with Crippen LogP contribution >= 0.6 is 0 Å². The van der Waals surface area contributed by atoms with Crippen LogP contribution in [0.1, 0.15) is 28.8 Å². The van der Waals surface area contributed by atoms with Crippen LogP contribution in [0.3, 0.4) is 0 Å². The molecule has 1 amide bonds. The van der Waals surface area contributed by atoms with Crippen LogP contribution in [0.15, 0.2) is 49.2 Å². The van der Waals surface area contributed by atoms with Crippen LogP contribution in [0.5, 0.6) is 0 Å². The smallest absolute Gasteiger partial charge is 0.254 e. The lowest BCUT2D eigenvalue weighted by Crippen LogP contribution is -2.20. The lowest BCUT2D eigenvalue weighted by molar-refractivity contribution is 0.0961. The fourth-order valence-corrected chi connectivity index (χ4v) is 3.51. The summed E-state index contributed by atoms with van der Waals surface area (Å²) in [7, 11) is 3.33. The van der Waals surface area contributed by atoms with Gasteiger partial charge in [-0.3, -0.25) is 14.5 Å². The Morgan fingerprint density at radius 2 is 2.06 bits per heavy atom. The van der Waals surface area contributed by atoms with Crippen molar-refractivity contribution in [3.63, 3.8) is 0 Å². The monoisotopic (exact) mass is 419 g/mol. The predicted molar refractivity (Wildman–Crippen MR) is 116 cm³/mol. The highest BCUT2D eigenvalue weighted by atomic mass is 19.1. The number of aromatic nitrogens is 5. The van der Waals surface area contributed by atoms with E-state index in [-0.39, 0.29) is 11.5 Å². The summed E-state index contributed by atoms with van der Waals surface area (Å²) in [4.78, 5) is 25.0. The highest BCUT2D eigenvalue weighted by Crippen LogP contribution is 2.28. The zero-order chi connectivity index (χ0) is 22.0. The number of fused-ring (bicyclic) bond motifs is 1. The van der Waals surface area contributed by atoms with Crippen molar-refractivity contribution in [2.24, 2.45) is 7.05 Å². The molecule has 4 aromatic rings. The molecule has 0 bridgehead atoms. The normalized spacial score (nSPS) is 12.0. The number of carbonyl (C=O) groups excluding carboxylic acids is 1. The van der Waals surface area contributed by atoms with Crippen molar-refractivity contribution in [3.8, 4) is 11.3 Å². The lowest BCUT2D eigenvalue weighted by atomic mass is 9.96. The second-order valence-corrected chi connectivity index (χ2v) is 7.28. The van der Waals surface area contributed by atoms with E-state index in [1.54, 1.807) is 16.9 Å². The highest BCUT2D eigenvalue weighted by molar-refractivity contribution is 6.06. The van der Waals surface area contributed by atoms with Crippen LogP contribution in [-0.2, 0) is 7.05 Å². The first-order valence-corrected chi connectivity index (χ1v) is 9.82. The molecule has 0 aliphatic rings. The van der Waals surface area contributed by atoms with E-state index in [1.165, 1.54) is 13.4 Å². The largest absolute Gasteiger partial charge is 0.369 e. The van der Waals surface area contributed by atoms with Crippen molar-refractivity contribution < 1.29 is 9.18 Å². The maximum absolute atomic E-state index is 14.3. The van der Waals surface area contributed by atoms with E-state index >= 15 is 0 Å².